The predicted octanol–water partition coefficient (Wildman–Crippen LogP) is 5.42. The average molecular weight is 532 g/mol. The summed E-state index contributed by atoms with van der Waals surface area (Å²) >= 11 is 6.51. The molecule has 152 valence electrons. The fourth-order valence-electron chi connectivity index (χ4n) is 2.49. The smallest absolute Gasteiger partial charge is 0.291 e. The van der Waals surface area contributed by atoms with Gasteiger partial charge >= 0.3 is 0 Å². The number of nitrogens with one attached hydrogen (secondary N) is 2. The fourth-order valence-corrected chi connectivity index (χ4v) is 3.06. The van der Waals surface area contributed by atoms with Crippen LogP contribution in [-0.4, -0.2) is 17.6 Å². The zero-order valence-corrected chi connectivity index (χ0v) is 18.9. The zero-order chi connectivity index (χ0) is 21.7. The number of carbonyl (C=O) groups excluding carboxylic acids is 3. The van der Waals surface area contributed by atoms with Crippen LogP contribution in [0.2, 0.25) is 0 Å². The first kappa shape index (κ1) is 21.7. The zero-order valence-electron chi connectivity index (χ0n) is 15.7. The summed E-state index contributed by atoms with van der Waals surface area (Å²) in [6.07, 6.45) is 1.56. The van der Waals surface area contributed by atoms with E-state index in [0.29, 0.717) is 15.9 Å². The molecule has 2 aromatic carbocycles. The Morgan fingerprint density at radius 1 is 0.900 bits per heavy atom. The first-order valence-electron chi connectivity index (χ1n) is 8.78. The molecule has 0 bridgehead atoms. The summed E-state index contributed by atoms with van der Waals surface area (Å²) in [4.78, 5) is 36.8. The number of hydrogen-bond donors (Lipinski definition) is 2. The number of Topliss-reactive ketones (excluding diaryl/α,β-unsaturated/α-hetero) is 1. The molecule has 30 heavy (non-hydrogen) atoms. The SMILES string of the molecule is CC(=O)c1ccc(NC(=O)C(=Cc2ccc(Br)cc2)NC(=O)c2ccc(Br)o2)cc1. The molecule has 2 amide bonds. The molecule has 6 nitrogen and oxygen atoms in total. The summed E-state index contributed by atoms with van der Waals surface area (Å²) in [6.45, 7) is 1.47. The van der Waals surface area contributed by atoms with Gasteiger partial charge in [0.05, 0.1) is 0 Å². The Bertz CT molecular complexity index is 1120. The Morgan fingerprint density at radius 3 is 2.13 bits per heavy atom. The molecule has 0 fully saturated rings. The molecule has 0 aliphatic carbocycles. The van der Waals surface area contributed by atoms with E-state index in [2.05, 4.69) is 42.5 Å². The van der Waals surface area contributed by atoms with Crippen molar-refractivity contribution in [2.24, 2.45) is 0 Å². The number of carbonyl (C=O) groups is 3. The number of amides is 2. The third-order valence-corrected chi connectivity index (χ3v) is 4.97. The first-order chi connectivity index (χ1) is 14.3. The van der Waals surface area contributed by atoms with Crippen LogP contribution in [0.15, 0.2) is 79.9 Å². The minimum atomic E-state index is -0.564. The van der Waals surface area contributed by atoms with Gasteiger partial charge in [0.15, 0.2) is 16.2 Å². The van der Waals surface area contributed by atoms with Crippen LogP contribution in [-0.2, 0) is 4.79 Å². The molecule has 0 atom stereocenters. The molecule has 1 aromatic heterocycles. The molecule has 3 aromatic rings. The van der Waals surface area contributed by atoms with E-state index >= 15 is 0 Å². The largest absolute Gasteiger partial charge is 0.444 e. The van der Waals surface area contributed by atoms with Crippen molar-refractivity contribution >= 4 is 61.2 Å². The van der Waals surface area contributed by atoms with E-state index in [0.717, 1.165) is 10.0 Å². The summed E-state index contributed by atoms with van der Waals surface area (Å²) < 4.78 is 6.55. The molecule has 2 N–H and O–H groups in total. The van der Waals surface area contributed by atoms with Crippen LogP contribution in [0.25, 0.3) is 6.08 Å². The Morgan fingerprint density at radius 2 is 1.57 bits per heavy atom. The maximum atomic E-state index is 12.9. The highest BCUT2D eigenvalue weighted by molar-refractivity contribution is 9.10. The monoisotopic (exact) mass is 530 g/mol. The van der Waals surface area contributed by atoms with Gasteiger partial charge in [-0.25, -0.2) is 0 Å². The molecule has 3 rings (SSSR count). The molecule has 0 saturated carbocycles. The van der Waals surface area contributed by atoms with Crippen LogP contribution >= 0.6 is 31.9 Å². The number of anilines is 1. The van der Waals surface area contributed by atoms with E-state index in [1.165, 1.54) is 13.0 Å². The lowest BCUT2D eigenvalue weighted by Gasteiger charge is -2.11. The third-order valence-electron chi connectivity index (χ3n) is 4.02. The highest BCUT2D eigenvalue weighted by atomic mass is 79.9. The maximum Gasteiger partial charge on any atom is 0.291 e. The van der Waals surface area contributed by atoms with E-state index in [1.54, 1.807) is 48.5 Å². The van der Waals surface area contributed by atoms with Gasteiger partial charge in [-0.15, -0.1) is 0 Å². The third kappa shape index (κ3) is 5.77. The second-order valence-corrected chi connectivity index (χ2v) is 7.95. The van der Waals surface area contributed by atoms with Gasteiger partial charge in [0.25, 0.3) is 11.8 Å². The van der Waals surface area contributed by atoms with Gasteiger partial charge < -0.3 is 15.1 Å². The first-order valence-corrected chi connectivity index (χ1v) is 10.4. The van der Waals surface area contributed by atoms with Crippen LogP contribution in [0.5, 0.6) is 0 Å². The number of rotatable bonds is 6. The maximum absolute atomic E-state index is 12.9. The Kier molecular flexibility index (Phi) is 7.02. The molecule has 0 spiro atoms. The van der Waals surface area contributed by atoms with Gasteiger partial charge in [0.1, 0.15) is 5.70 Å². The van der Waals surface area contributed by atoms with Crippen molar-refractivity contribution in [1.29, 1.82) is 0 Å². The summed E-state index contributed by atoms with van der Waals surface area (Å²) in [6, 6.07) is 16.8. The van der Waals surface area contributed by atoms with Crippen LogP contribution in [0.4, 0.5) is 5.69 Å². The van der Waals surface area contributed by atoms with Crippen molar-refractivity contribution in [3.63, 3.8) is 0 Å². The van der Waals surface area contributed by atoms with Crippen LogP contribution in [0, 0.1) is 0 Å². The molecule has 0 aliphatic heterocycles. The molecular weight excluding hydrogens is 516 g/mol. The van der Waals surface area contributed by atoms with Crippen molar-refractivity contribution in [1.82, 2.24) is 5.32 Å². The van der Waals surface area contributed by atoms with E-state index in [-0.39, 0.29) is 17.2 Å². The molecule has 0 saturated heterocycles. The molecule has 0 aliphatic rings. The molecular formula is C22H16Br2N2O4. The van der Waals surface area contributed by atoms with Crippen molar-refractivity contribution < 1.29 is 18.8 Å². The quantitative estimate of drug-likeness (QED) is 0.328. The molecule has 1 heterocycles. The lowest BCUT2D eigenvalue weighted by atomic mass is 10.1. The summed E-state index contributed by atoms with van der Waals surface area (Å²) in [5.41, 5.74) is 1.78. The van der Waals surface area contributed by atoms with Crippen LogP contribution < -0.4 is 10.6 Å². The van der Waals surface area contributed by atoms with E-state index in [9.17, 15) is 14.4 Å². The van der Waals surface area contributed by atoms with Gasteiger partial charge in [-0.05, 0) is 83.0 Å². The summed E-state index contributed by atoms with van der Waals surface area (Å²) in [5.74, 6) is -1.10. The van der Waals surface area contributed by atoms with Gasteiger partial charge in [0, 0.05) is 15.7 Å². The topological polar surface area (TPSA) is 88.4 Å². The normalized spacial score (nSPS) is 11.1. The number of ketones is 1. The number of benzene rings is 2. The van der Waals surface area contributed by atoms with Crippen LogP contribution in [0.3, 0.4) is 0 Å². The number of hydrogen-bond acceptors (Lipinski definition) is 4. The minimum absolute atomic E-state index is 0.0329. The van der Waals surface area contributed by atoms with E-state index in [1.807, 2.05) is 12.1 Å². The van der Waals surface area contributed by atoms with Crippen molar-refractivity contribution in [2.45, 2.75) is 6.92 Å². The molecule has 0 unspecified atom stereocenters. The minimum Gasteiger partial charge on any atom is -0.444 e. The highest BCUT2D eigenvalue weighted by Crippen LogP contribution is 2.17. The second kappa shape index (κ2) is 9.69. The summed E-state index contributed by atoms with van der Waals surface area (Å²) in [5, 5.41) is 5.31. The lowest BCUT2D eigenvalue weighted by molar-refractivity contribution is -0.113. The van der Waals surface area contributed by atoms with E-state index < -0.39 is 11.8 Å². The van der Waals surface area contributed by atoms with Crippen molar-refractivity contribution in [3.05, 3.63) is 92.4 Å². The Hall–Kier alpha value is -2.97. The number of furan rings is 1. The predicted molar refractivity (Wildman–Crippen MR) is 121 cm³/mol. The van der Waals surface area contributed by atoms with Crippen molar-refractivity contribution in [2.75, 3.05) is 5.32 Å². The van der Waals surface area contributed by atoms with Crippen LogP contribution in [0.1, 0.15) is 33.4 Å². The van der Waals surface area contributed by atoms with Gasteiger partial charge in [0.2, 0.25) is 0 Å². The summed E-state index contributed by atoms with van der Waals surface area (Å²) in [7, 11) is 0. The Balaban J connectivity index is 1.85. The number of halogens is 2. The van der Waals surface area contributed by atoms with Crippen molar-refractivity contribution in [3.8, 4) is 0 Å². The fraction of sp³-hybridized carbons (Fsp3) is 0.0455. The highest BCUT2D eigenvalue weighted by Gasteiger charge is 2.17. The standard InChI is InChI=1S/C22H16Br2N2O4/c1-13(27)15-4-8-17(9-5-15)25-21(28)18(12-14-2-6-16(23)7-3-14)26-22(29)19-10-11-20(24)30-19/h2-12H,1H3,(H,25,28)(H,26,29). The second-order valence-electron chi connectivity index (χ2n) is 6.26. The van der Waals surface area contributed by atoms with E-state index in [4.69, 9.17) is 4.42 Å². The van der Waals surface area contributed by atoms with Gasteiger partial charge in [-0.3, -0.25) is 14.4 Å². The molecule has 8 heteroatoms. The van der Waals surface area contributed by atoms with Gasteiger partial charge in [-0.2, -0.15) is 0 Å². The van der Waals surface area contributed by atoms with Gasteiger partial charge in [-0.1, -0.05) is 28.1 Å². The average Bonchev–Trinajstić information content (AvgIpc) is 3.16. The molecule has 0 radical (unpaired) electrons. The Labute approximate surface area is 189 Å². The lowest BCUT2D eigenvalue weighted by Crippen LogP contribution is -2.30.